The number of rotatable bonds is 9. The topological polar surface area (TPSA) is 76.7 Å². The Morgan fingerprint density at radius 1 is 1.08 bits per heavy atom. The second kappa shape index (κ2) is 8.57. The van der Waals surface area contributed by atoms with E-state index in [1.54, 1.807) is 7.11 Å². The second-order valence-electron chi connectivity index (χ2n) is 6.40. The van der Waals surface area contributed by atoms with Crippen LogP contribution in [0, 0.1) is 17.8 Å². The predicted octanol–water partition coefficient (Wildman–Crippen LogP) is 1.60. The van der Waals surface area contributed by atoms with Crippen LogP contribution in [0.25, 0.3) is 0 Å². The number of hydrogen-bond donors (Lipinski definition) is 2. The Kier molecular flexibility index (Phi) is 6.46. The third kappa shape index (κ3) is 5.44. The largest absolute Gasteiger partial charge is 0.497 e. The highest BCUT2D eigenvalue weighted by atomic mass is 16.5. The average Bonchev–Trinajstić information content (AvgIpc) is 3.37. The standard InChI is InChI=1S/C18H26N2O4/c1-12(2)11-20-18(22)16-10-15(16)17(21)19-8-9-24-14-6-4-13(23-3)5-7-14/h4-7,12,15-16H,8-11H2,1-3H3,(H,19,21)(H,20,22). The smallest absolute Gasteiger partial charge is 0.224 e. The number of carbonyl (C=O) groups is 2. The molecule has 1 aliphatic rings. The van der Waals surface area contributed by atoms with Crippen molar-refractivity contribution in [2.75, 3.05) is 26.8 Å². The highest BCUT2D eigenvalue weighted by Crippen LogP contribution is 2.38. The number of hydrogen-bond acceptors (Lipinski definition) is 4. The van der Waals surface area contributed by atoms with Gasteiger partial charge in [0, 0.05) is 6.54 Å². The Balaban J connectivity index is 1.61. The van der Waals surface area contributed by atoms with Crippen molar-refractivity contribution in [3.05, 3.63) is 24.3 Å². The molecule has 2 amide bonds. The van der Waals surface area contributed by atoms with Gasteiger partial charge in [-0.25, -0.2) is 0 Å². The molecule has 132 valence electrons. The van der Waals surface area contributed by atoms with Gasteiger partial charge in [-0.05, 0) is 36.6 Å². The molecule has 0 spiro atoms. The van der Waals surface area contributed by atoms with Crippen molar-refractivity contribution in [3.8, 4) is 11.5 Å². The van der Waals surface area contributed by atoms with E-state index >= 15 is 0 Å². The highest BCUT2D eigenvalue weighted by molar-refractivity contribution is 5.92. The van der Waals surface area contributed by atoms with Crippen molar-refractivity contribution in [1.29, 1.82) is 0 Å². The molecule has 2 rings (SSSR count). The summed E-state index contributed by atoms with van der Waals surface area (Å²) in [5.74, 6) is 1.45. The maximum atomic E-state index is 12.0. The van der Waals surface area contributed by atoms with Crippen LogP contribution in [0.5, 0.6) is 11.5 Å². The molecule has 6 nitrogen and oxygen atoms in total. The van der Waals surface area contributed by atoms with Gasteiger partial charge in [0.05, 0.1) is 25.5 Å². The molecule has 24 heavy (non-hydrogen) atoms. The normalized spacial score (nSPS) is 18.8. The van der Waals surface area contributed by atoms with Crippen LogP contribution in [0.2, 0.25) is 0 Å². The summed E-state index contributed by atoms with van der Waals surface area (Å²) in [6.45, 7) is 5.54. The van der Waals surface area contributed by atoms with E-state index in [1.165, 1.54) is 0 Å². The minimum Gasteiger partial charge on any atom is -0.497 e. The maximum absolute atomic E-state index is 12.0. The molecule has 1 aromatic rings. The van der Waals surface area contributed by atoms with Crippen molar-refractivity contribution in [3.63, 3.8) is 0 Å². The summed E-state index contributed by atoms with van der Waals surface area (Å²) in [4.78, 5) is 23.9. The quantitative estimate of drug-likeness (QED) is 0.673. The number of methoxy groups -OCH3 is 1. The summed E-state index contributed by atoms with van der Waals surface area (Å²) < 4.78 is 10.6. The Morgan fingerprint density at radius 2 is 1.67 bits per heavy atom. The van der Waals surface area contributed by atoms with E-state index in [0.717, 1.165) is 11.5 Å². The lowest BCUT2D eigenvalue weighted by atomic mass is 10.2. The van der Waals surface area contributed by atoms with Gasteiger partial charge in [0.25, 0.3) is 0 Å². The fourth-order valence-electron chi connectivity index (χ4n) is 2.36. The summed E-state index contributed by atoms with van der Waals surface area (Å²) in [7, 11) is 1.61. The minimum absolute atomic E-state index is 0.0154. The van der Waals surface area contributed by atoms with E-state index < -0.39 is 0 Å². The van der Waals surface area contributed by atoms with Gasteiger partial charge >= 0.3 is 0 Å². The molecular formula is C18H26N2O4. The molecule has 0 saturated heterocycles. The van der Waals surface area contributed by atoms with E-state index in [4.69, 9.17) is 9.47 Å². The summed E-state index contributed by atoms with van der Waals surface area (Å²) in [6, 6.07) is 7.27. The minimum atomic E-state index is -0.196. The van der Waals surface area contributed by atoms with Gasteiger partial charge in [0.15, 0.2) is 0 Å². The molecule has 2 unspecified atom stereocenters. The van der Waals surface area contributed by atoms with Gasteiger partial charge in [-0.1, -0.05) is 13.8 Å². The molecule has 1 fully saturated rings. The SMILES string of the molecule is COc1ccc(OCCNC(=O)C2CC2C(=O)NCC(C)C)cc1. The van der Waals surface area contributed by atoms with Gasteiger partial charge in [-0.15, -0.1) is 0 Å². The van der Waals surface area contributed by atoms with Crippen LogP contribution >= 0.6 is 0 Å². The van der Waals surface area contributed by atoms with Crippen LogP contribution in [0.15, 0.2) is 24.3 Å². The van der Waals surface area contributed by atoms with Crippen molar-refractivity contribution in [2.24, 2.45) is 17.8 Å². The Labute approximate surface area is 142 Å². The van der Waals surface area contributed by atoms with Gasteiger partial charge in [0.2, 0.25) is 11.8 Å². The van der Waals surface area contributed by atoms with Crippen LogP contribution < -0.4 is 20.1 Å². The van der Waals surface area contributed by atoms with Gasteiger partial charge in [-0.2, -0.15) is 0 Å². The molecule has 6 heteroatoms. The summed E-state index contributed by atoms with van der Waals surface area (Å²) in [6.07, 6.45) is 0.634. The van der Waals surface area contributed by atoms with Crippen LogP contribution in [-0.4, -0.2) is 38.6 Å². The number of ether oxygens (including phenoxy) is 2. The Morgan fingerprint density at radius 3 is 2.25 bits per heavy atom. The lowest BCUT2D eigenvalue weighted by Crippen LogP contribution is -2.33. The maximum Gasteiger partial charge on any atom is 0.224 e. The molecular weight excluding hydrogens is 308 g/mol. The molecule has 0 aliphatic heterocycles. The fraction of sp³-hybridized carbons (Fsp3) is 0.556. The van der Waals surface area contributed by atoms with Crippen molar-refractivity contribution < 1.29 is 19.1 Å². The molecule has 0 radical (unpaired) electrons. The second-order valence-corrected chi connectivity index (χ2v) is 6.40. The monoisotopic (exact) mass is 334 g/mol. The fourth-order valence-corrected chi connectivity index (χ4v) is 2.36. The zero-order valence-electron chi connectivity index (χ0n) is 14.5. The first-order valence-corrected chi connectivity index (χ1v) is 8.33. The van der Waals surface area contributed by atoms with E-state index in [2.05, 4.69) is 10.6 Å². The number of benzene rings is 1. The zero-order chi connectivity index (χ0) is 17.5. The first kappa shape index (κ1) is 18.1. The van der Waals surface area contributed by atoms with Gasteiger partial charge < -0.3 is 20.1 Å². The molecule has 1 saturated carbocycles. The van der Waals surface area contributed by atoms with E-state index in [9.17, 15) is 9.59 Å². The summed E-state index contributed by atoms with van der Waals surface area (Å²) in [5, 5.41) is 5.69. The van der Waals surface area contributed by atoms with Crippen molar-refractivity contribution >= 4 is 11.8 Å². The predicted molar refractivity (Wildman–Crippen MR) is 90.9 cm³/mol. The first-order chi connectivity index (χ1) is 11.5. The Hall–Kier alpha value is -2.24. The first-order valence-electron chi connectivity index (χ1n) is 8.33. The highest BCUT2D eigenvalue weighted by Gasteiger charge is 2.47. The van der Waals surface area contributed by atoms with Gasteiger partial charge in [0.1, 0.15) is 18.1 Å². The van der Waals surface area contributed by atoms with E-state index in [1.807, 2.05) is 38.1 Å². The van der Waals surface area contributed by atoms with E-state index in [-0.39, 0.29) is 23.7 Å². The Bertz CT molecular complexity index is 557. The molecule has 0 heterocycles. The third-order valence-electron chi connectivity index (χ3n) is 3.88. The number of amides is 2. The zero-order valence-corrected chi connectivity index (χ0v) is 14.5. The van der Waals surface area contributed by atoms with Crippen LogP contribution in [0.3, 0.4) is 0 Å². The summed E-state index contributed by atoms with van der Waals surface area (Å²) >= 11 is 0. The molecule has 0 aromatic heterocycles. The molecule has 1 aliphatic carbocycles. The van der Waals surface area contributed by atoms with Gasteiger partial charge in [-0.3, -0.25) is 9.59 Å². The average molecular weight is 334 g/mol. The molecule has 0 bridgehead atoms. The lowest BCUT2D eigenvalue weighted by Gasteiger charge is -2.09. The number of carbonyl (C=O) groups excluding carboxylic acids is 2. The molecule has 2 N–H and O–H groups in total. The van der Waals surface area contributed by atoms with E-state index in [0.29, 0.717) is 32.0 Å². The van der Waals surface area contributed by atoms with Crippen molar-refractivity contribution in [2.45, 2.75) is 20.3 Å². The molecule has 2 atom stereocenters. The van der Waals surface area contributed by atoms with Crippen LogP contribution in [0.4, 0.5) is 0 Å². The lowest BCUT2D eigenvalue weighted by molar-refractivity contribution is -0.127. The van der Waals surface area contributed by atoms with Crippen LogP contribution in [0.1, 0.15) is 20.3 Å². The summed E-state index contributed by atoms with van der Waals surface area (Å²) in [5.41, 5.74) is 0. The third-order valence-corrected chi connectivity index (χ3v) is 3.88. The molecule has 1 aromatic carbocycles. The number of nitrogens with one attached hydrogen (secondary N) is 2. The van der Waals surface area contributed by atoms with Crippen molar-refractivity contribution in [1.82, 2.24) is 10.6 Å². The van der Waals surface area contributed by atoms with Crippen LogP contribution in [-0.2, 0) is 9.59 Å².